The van der Waals surface area contributed by atoms with Crippen molar-refractivity contribution in [1.82, 2.24) is 15.3 Å². The van der Waals surface area contributed by atoms with Crippen LogP contribution in [0.5, 0.6) is 0 Å². The Morgan fingerprint density at radius 3 is 3.05 bits per heavy atom. The molecule has 7 nitrogen and oxygen atoms in total. The summed E-state index contributed by atoms with van der Waals surface area (Å²) in [7, 11) is 0. The van der Waals surface area contributed by atoms with E-state index in [0.29, 0.717) is 24.5 Å². The van der Waals surface area contributed by atoms with Gasteiger partial charge in [0.1, 0.15) is 23.3 Å². The van der Waals surface area contributed by atoms with E-state index in [9.17, 15) is 9.90 Å². The molecule has 0 aromatic carbocycles. The monoisotopic (exact) mass is 314 g/mol. The van der Waals surface area contributed by atoms with Crippen LogP contribution in [-0.4, -0.2) is 52.8 Å². The Morgan fingerprint density at radius 2 is 2.38 bits per heavy atom. The lowest BCUT2D eigenvalue weighted by atomic mass is 10.1. The summed E-state index contributed by atoms with van der Waals surface area (Å²) in [6, 6.07) is -0.468. The van der Waals surface area contributed by atoms with Crippen LogP contribution < -0.4 is 10.2 Å². The van der Waals surface area contributed by atoms with Crippen molar-refractivity contribution in [3.05, 3.63) is 17.0 Å². The summed E-state index contributed by atoms with van der Waals surface area (Å²) < 4.78 is 5.40. The van der Waals surface area contributed by atoms with Gasteiger partial charge >= 0.3 is 0 Å². The molecule has 0 saturated carbocycles. The highest BCUT2D eigenvalue weighted by Crippen LogP contribution is 2.26. The Balaban J connectivity index is 2.31. The lowest BCUT2D eigenvalue weighted by molar-refractivity contribution is -0.125. The number of nitrogens with zero attached hydrogens (tertiary/aromatic N) is 3. The first-order chi connectivity index (χ1) is 10.0. The second kappa shape index (κ2) is 7.02. The largest absolute Gasteiger partial charge is 0.391 e. The van der Waals surface area contributed by atoms with E-state index in [1.54, 1.807) is 4.90 Å². The van der Waals surface area contributed by atoms with Crippen LogP contribution >= 0.6 is 11.6 Å². The molecule has 1 aliphatic heterocycles. The highest BCUT2D eigenvalue weighted by molar-refractivity contribution is 6.30. The average Bonchev–Trinajstić information content (AvgIpc) is 2.46. The minimum absolute atomic E-state index is 0.0348. The van der Waals surface area contributed by atoms with Crippen LogP contribution in [0.1, 0.15) is 19.4 Å². The Hall–Kier alpha value is -1.44. The van der Waals surface area contributed by atoms with Gasteiger partial charge in [-0.25, -0.2) is 9.97 Å². The molecule has 2 rings (SSSR count). The number of amides is 1. The van der Waals surface area contributed by atoms with Gasteiger partial charge in [0.05, 0.1) is 25.4 Å². The molecule has 1 saturated heterocycles. The molecule has 1 unspecified atom stereocenters. The second-order valence-corrected chi connectivity index (χ2v) is 5.43. The number of hydrogen-bond acceptors (Lipinski definition) is 6. The molecule has 0 spiro atoms. The van der Waals surface area contributed by atoms with Crippen LogP contribution in [0.15, 0.2) is 6.33 Å². The lowest BCUT2D eigenvalue weighted by Crippen LogP contribution is -2.55. The van der Waals surface area contributed by atoms with Gasteiger partial charge in [-0.2, -0.15) is 0 Å². The van der Waals surface area contributed by atoms with Crippen molar-refractivity contribution in [3.63, 3.8) is 0 Å². The fraction of sp³-hybridized carbons (Fsp3) is 0.615. The van der Waals surface area contributed by atoms with E-state index >= 15 is 0 Å². The van der Waals surface area contributed by atoms with Crippen LogP contribution in [-0.2, 0) is 16.1 Å². The van der Waals surface area contributed by atoms with Gasteiger partial charge in [-0.1, -0.05) is 11.6 Å². The van der Waals surface area contributed by atoms with E-state index in [2.05, 4.69) is 15.3 Å². The third kappa shape index (κ3) is 3.61. The fourth-order valence-electron chi connectivity index (χ4n) is 2.22. The Morgan fingerprint density at radius 1 is 1.62 bits per heavy atom. The molecular formula is C13H19ClN4O3. The summed E-state index contributed by atoms with van der Waals surface area (Å²) in [6.45, 7) is 4.75. The van der Waals surface area contributed by atoms with Gasteiger partial charge in [0, 0.05) is 12.6 Å². The zero-order chi connectivity index (χ0) is 15.4. The maximum Gasteiger partial charge on any atom is 0.245 e. The van der Waals surface area contributed by atoms with E-state index in [-0.39, 0.29) is 30.3 Å². The first-order valence-electron chi connectivity index (χ1n) is 6.79. The second-order valence-electron chi connectivity index (χ2n) is 5.07. The zero-order valence-corrected chi connectivity index (χ0v) is 12.8. The average molecular weight is 315 g/mol. The van der Waals surface area contributed by atoms with E-state index in [4.69, 9.17) is 16.3 Å². The number of carbonyl (C=O) groups is 1. The number of halogens is 1. The minimum atomic E-state index is -0.502. The fourth-order valence-corrected chi connectivity index (χ4v) is 2.41. The molecule has 0 radical (unpaired) electrons. The molecule has 2 N–H and O–H groups in total. The van der Waals surface area contributed by atoms with Crippen molar-refractivity contribution in [2.24, 2.45) is 0 Å². The van der Waals surface area contributed by atoms with Crippen molar-refractivity contribution in [2.45, 2.75) is 32.5 Å². The van der Waals surface area contributed by atoms with E-state index in [1.807, 2.05) is 13.8 Å². The van der Waals surface area contributed by atoms with Gasteiger partial charge in [0.25, 0.3) is 0 Å². The molecule has 0 aliphatic carbocycles. The number of nitrogens with one attached hydrogen (secondary N) is 1. The van der Waals surface area contributed by atoms with Gasteiger partial charge in [-0.3, -0.25) is 4.79 Å². The SMILES string of the molecule is CC(C)NC(=O)C1COCCN1c1ncnc(Cl)c1CO. The van der Waals surface area contributed by atoms with Gasteiger partial charge in [-0.15, -0.1) is 0 Å². The number of aliphatic hydroxyl groups is 1. The predicted octanol–water partition coefficient (Wildman–Crippen LogP) is 0.352. The molecule has 0 bridgehead atoms. The number of morpholine rings is 1. The molecule has 21 heavy (non-hydrogen) atoms. The standard InChI is InChI=1S/C13H19ClN4O3/c1-8(2)17-13(20)10-6-21-4-3-18(10)12-9(5-19)11(14)15-7-16-12/h7-8,10,19H,3-6H2,1-2H3,(H,17,20). The summed E-state index contributed by atoms with van der Waals surface area (Å²) in [5, 5.41) is 12.5. The topological polar surface area (TPSA) is 87.6 Å². The highest BCUT2D eigenvalue weighted by Gasteiger charge is 2.32. The zero-order valence-electron chi connectivity index (χ0n) is 12.0. The molecule has 1 atom stereocenters. The number of aliphatic hydroxyl groups excluding tert-OH is 1. The highest BCUT2D eigenvalue weighted by atomic mass is 35.5. The number of anilines is 1. The summed E-state index contributed by atoms with van der Waals surface area (Å²) in [6.07, 6.45) is 1.32. The maximum atomic E-state index is 12.3. The summed E-state index contributed by atoms with van der Waals surface area (Å²) in [5.41, 5.74) is 0.420. The molecule has 1 fully saturated rings. The Labute approximate surface area is 128 Å². The van der Waals surface area contributed by atoms with E-state index in [0.717, 1.165) is 0 Å². The van der Waals surface area contributed by atoms with Gasteiger partial charge in [0.15, 0.2) is 0 Å². The van der Waals surface area contributed by atoms with Crippen molar-refractivity contribution < 1.29 is 14.6 Å². The van der Waals surface area contributed by atoms with Crippen LogP contribution in [0.3, 0.4) is 0 Å². The molecule has 8 heteroatoms. The van der Waals surface area contributed by atoms with Crippen molar-refractivity contribution in [2.75, 3.05) is 24.7 Å². The molecular weight excluding hydrogens is 296 g/mol. The Kier molecular flexibility index (Phi) is 5.33. The minimum Gasteiger partial charge on any atom is -0.391 e. The van der Waals surface area contributed by atoms with Crippen LogP contribution in [0.2, 0.25) is 5.15 Å². The number of carbonyl (C=O) groups excluding carboxylic acids is 1. The summed E-state index contributed by atoms with van der Waals surface area (Å²) in [5.74, 6) is 0.341. The molecule has 1 amide bonds. The smallest absolute Gasteiger partial charge is 0.245 e. The number of rotatable bonds is 4. The van der Waals surface area contributed by atoms with Crippen molar-refractivity contribution >= 4 is 23.3 Å². The van der Waals surface area contributed by atoms with Crippen LogP contribution in [0.4, 0.5) is 5.82 Å². The molecule has 116 valence electrons. The first-order valence-corrected chi connectivity index (χ1v) is 7.17. The summed E-state index contributed by atoms with van der Waals surface area (Å²) in [4.78, 5) is 22.2. The van der Waals surface area contributed by atoms with Crippen molar-refractivity contribution in [3.8, 4) is 0 Å². The first kappa shape index (κ1) is 15.9. The number of hydrogen-bond donors (Lipinski definition) is 2. The maximum absolute atomic E-state index is 12.3. The van der Waals surface area contributed by atoms with E-state index in [1.165, 1.54) is 6.33 Å². The molecule has 1 aromatic rings. The number of ether oxygens (including phenoxy) is 1. The molecule has 1 aromatic heterocycles. The van der Waals surface area contributed by atoms with Crippen LogP contribution in [0, 0.1) is 0 Å². The predicted molar refractivity (Wildman–Crippen MR) is 78.2 cm³/mol. The quantitative estimate of drug-likeness (QED) is 0.780. The Bertz CT molecular complexity index is 512. The molecule has 2 heterocycles. The lowest BCUT2D eigenvalue weighted by Gasteiger charge is -2.36. The molecule has 1 aliphatic rings. The van der Waals surface area contributed by atoms with Gasteiger partial charge in [-0.05, 0) is 13.8 Å². The van der Waals surface area contributed by atoms with Crippen LogP contribution in [0.25, 0.3) is 0 Å². The number of aromatic nitrogens is 2. The van der Waals surface area contributed by atoms with Gasteiger partial charge < -0.3 is 20.1 Å². The summed E-state index contributed by atoms with van der Waals surface area (Å²) >= 11 is 5.99. The van der Waals surface area contributed by atoms with Gasteiger partial charge in [0.2, 0.25) is 5.91 Å². The normalized spacial score (nSPS) is 18.9. The van der Waals surface area contributed by atoms with E-state index < -0.39 is 6.04 Å². The third-order valence-electron chi connectivity index (χ3n) is 3.16. The van der Waals surface area contributed by atoms with Crippen molar-refractivity contribution in [1.29, 1.82) is 0 Å². The third-order valence-corrected chi connectivity index (χ3v) is 3.49.